The van der Waals surface area contributed by atoms with Crippen LogP contribution in [0.3, 0.4) is 0 Å². The molecule has 1 aromatic heterocycles. The van der Waals surface area contributed by atoms with Crippen LogP contribution < -0.4 is 9.61 Å². The Morgan fingerprint density at radius 1 is 0.893 bits per heavy atom. The van der Waals surface area contributed by atoms with Gasteiger partial charge in [0, 0.05) is 10.5 Å². The minimum Gasteiger partial charge on any atom is -0.463 e. The minimum absolute atomic E-state index is 0.0165. The monoisotopic (exact) mass is 456 g/mol. The zero-order chi connectivity index (χ0) is 19.7. The van der Waals surface area contributed by atoms with Gasteiger partial charge in [-0.05, 0) is 35.9 Å². The average Bonchev–Trinajstić information content (AvgIpc) is 2.68. The lowest BCUT2D eigenvalue weighted by molar-refractivity contribution is 0.485. The first-order chi connectivity index (χ1) is 13.4. The Bertz CT molecular complexity index is 1330. The van der Waals surface area contributed by atoms with Crippen LogP contribution in [0.4, 0.5) is 0 Å². The van der Waals surface area contributed by atoms with Crippen molar-refractivity contribution in [1.29, 1.82) is 0 Å². The minimum atomic E-state index is -4.02. The highest BCUT2D eigenvalue weighted by atomic mass is 79.9. The maximum absolute atomic E-state index is 12.8. The molecule has 0 atom stereocenters. The summed E-state index contributed by atoms with van der Waals surface area (Å²) in [6.07, 6.45) is 1.37. The molecule has 28 heavy (non-hydrogen) atoms. The Morgan fingerprint density at radius 2 is 1.68 bits per heavy atom. The van der Waals surface area contributed by atoms with Crippen molar-refractivity contribution in [2.45, 2.75) is 4.90 Å². The van der Waals surface area contributed by atoms with Crippen LogP contribution in [-0.2, 0) is 10.1 Å². The van der Waals surface area contributed by atoms with Crippen molar-refractivity contribution in [2.75, 3.05) is 0 Å². The summed E-state index contributed by atoms with van der Waals surface area (Å²) in [5.41, 5.74) is 1.22. The molecule has 0 spiro atoms. The molecule has 0 saturated carbocycles. The van der Waals surface area contributed by atoms with E-state index in [0.717, 1.165) is 5.56 Å². The van der Waals surface area contributed by atoms with E-state index in [1.165, 1.54) is 36.6 Å². The number of halogens is 1. The third-order valence-electron chi connectivity index (χ3n) is 4.12. The highest BCUT2D eigenvalue weighted by Gasteiger charge is 2.18. The zero-order valence-corrected chi connectivity index (χ0v) is 16.7. The summed E-state index contributed by atoms with van der Waals surface area (Å²) in [6.45, 7) is 0. The van der Waals surface area contributed by atoms with Gasteiger partial charge in [-0.25, -0.2) is 0 Å². The predicted molar refractivity (Wildman–Crippen MR) is 110 cm³/mol. The maximum Gasteiger partial charge on any atom is 0.339 e. The summed E-state index contributed by atoms with van der Waals surface area (Å²) in [5, 5.41) is 0.341. The quantitative estimate of drug-likeness (QED) is 0.404. The van der Waals surface area contributed by atoms with Gasteiger partial charge in [0.05, 0.1) is 10.9 Å². The van der Waals surface area contributed by atoms with Gasteiger partial charge in [-0.2, -0.15) is 8.42 Å². The summed E-state index contributed by atoms with van der Waals surface area (Å²) in [7, 11) is -4.02. The number of hydrogen-bond donors (Lipinski definition) is 0. The van der Waals surface area contributed by atoms with Crippen LogP contribution in [0.1, 0.15) is 0 Å². The lowest BCUT2D eigenvalue weighted by Gasteiger charge is -2.08. The highest BCUT2D eigenvalue weighted by Crippen LogP contribution is 2.26. The van der Waals surface area contributed by atoms with E-state index in [4.69, 9.17) is 8.60 Å². The molecule has 5 nitrogen and oxygen atoms in total. The first-order valence-electron chi connectivity index (χ1n) is 8.25. The van der Waals surface area contributed by atoms with Gasteiger partial charge in [0.2, 0.25) is 0 Å². The van der Waals surface area contributed by atoms with Crippen molar-refractivity contribution in [3.63, 3.8) is 0 Å². The van der Waals surface area contributed by atoms with Crippen molar-refractivity contribution in [3.05, 3.63) is 93.8 Å². The first kappa shape index (κ1) is 18.5. The van der Waals surface area contributed by atoms with E-state index < -0.39 is 10.1 Å². The molecule has 1 heterocycles. The smallest absolute Gasteiger partial charge is 0.339 e. The Morgan fingerprint density at radius 3 is 2.43 bits per heavy atom. The number of rotatable bonds is 4. The fourth-order valence-electron chi connectivity index (χ4n) is 2.77. The molecule has 0 amide bonds. The second-order valence-electron chi connectivity index (χ2n) is 6.00. The van der Waals surface area contributed by atoms with Gasteiger partial charge < -0.3 is 8.60 Å². The predicted octanol–water partition coefficient (Wildman–Crippen LogP) is 4.99. The summed E-state index contributed by atoms with van der Waals surface area (Å²) >= 11 is 3.24. The van der Waals surface area contributed by atoms with Crippen LogP contribution in [-0.4, -0.2) is 8.42 Å². The third-order valence-corrected chi connectivity index (χ3v) is 5.86. The van der Waals surface area contributed by atoms with Gasteiger partial charge in [0.1, 0.15) is 22.5 Å². The normalized spacial score (nSPS) is 11.5. The van der Waals surface area contributed by atoms with Crippen LogP contribution in [0.25, 0.3) is 22.1 Å². The van der Waals surface area contributed by atoms with Crippen LogP contribution in [0.15, 0.2) is 97.6 Å². The molecule has 7 heteroatoms. The molecular weight excluding hydrogens is 444 g/mol. The van der Waals surface area contributed by atoms with Crippen molar-refractivity contribution in [2.24, 2.45) is 0 Å². The maximum atomic E-state index is 12.8. The van der Waals surface area contributed by atoms with E-state index in [9.17, 15) is 13.2 Å². The molecule has 0 fully saturated rings. The SMILES string of the molecule is O=c1c(-c2ccccc2)coc2cc(OS(=O)(=O)c3cccc(Br)c3)ccc12. The fourth-order valence-corrected chi connectivity index (χ4v) is 4.30. The Labute approximate surface area is 169 Å². The van der Waals surface area contributed by atoms with E-state index in [2.05, 4.69) is 15.9 Å². The van der Waals surface area contributed by atoms with E-state index in [1.807, 2.05) is 30.3 Å². The molecule has 3 aromatic carbocycles. The second kappa shape index (κ2) is 7.26. The molecule has 0 unspecified atom stereocenters. The second-order valence-corrected chi connectivity index (χ2v) is 8.46. The fraction of sp³-hybridized carbons (Fsp3) is 0. The topological polar surface area (TPSA) is 73.6 Å². The largest absolute Gasteiger partial charge is 0.463 e. The molecule has 0 N–H and O–H groups in total. The molecule has 140 valence electrons. The van der Waals surface area contributed by atoms with Crippen LogP contribution in [0, 0.1) is 0 Å². The zero-order valence-electron chi connectivity index (χ0n) is 14.3. The number of fused-ring (bicyclic) bond motifs is 1. The number of benzene rings is 3. The molecule has 0 saturated heterocycles. The van der Waals surface area contributed by atoms with Gasteiger partial charge >= 0.3 is 10.1 Å². The molecule has 0 aliphatic carbocycles. The molecule has 4 aromatic rings. The summed E-state index contributed by atoms with van der Waals surface area (Å²) in [4.78, 5) is 12.8. The summed E-state index contributed by atoms with van der Waals surface area (Å²) < 4.78 is 36.3. The summed E-state index contributed by atoms with van der Waals surface area (Å²) in [5.74, 6) is 0.0584. The van der Waals surface area contributed by atoms with Crippen LogP contribution in [0.2, 0.25) is 0 Å². The van der Waals surface area contributed by atoms with Gasteiger partial charge in [-0.15, -0.1) is 0 Å². The van der Waals surface area contributed by atoms with E-state index in [-0.39, 0.29) is 21.7 Å². The lowest BCUT2D eigenvalue weighted by atomic mass is 10.1. The average molecular weight is 457 g/mol. The van der Waals surface area contributed by atoms with Crippen molar-refractivity contribution < 1.29 is 17.0 Å². The van der Waals surface area contributed by atoms with Gasteiger partial charge in [-0.3, -0.25) is 4.79 Å². The molecule has 0 radical (unpaired) electrons. The standard InChI is InChI=1S/C21H13BrO5S/c22-15-7-4-8-17(11-15)28(24,25)27-16-9-10-18-20(12-16)26-13-19(21(18)23)14-5-2-1-3-6-14/h1-13H. The lowest BCUT2D eigenvalue weighted by Crippen LogP contribution is -2.10. The van der Waals surface area contributed by atoms with Gasteiger partial charge in [-0.1, -0.05) is 52.3 Å². The third kappa shape index (κ3) is 3.58. The van der Waals surface area contributed by atoms with Crippen molar-refractivity contribution in [1.82, 2.24) is 0 Å². The molecule has 0 bridgehead atoms. The first-order valence-corrected chi connectivity index (χ1v) is 10.5. The van der Waals surface area contributed by atoms with E-state index >= 15 is 0 Å². The summed E-state index contributed by atoms with van der Waals surface area (Å²) in [6, 6.07) is 19.7. The van der Waals surface area contributed by atoms with Gasteiger partial charge in [0.25, 0.3) is 0 Å². The van der Waals surface area contributed by atoms with Crippen LogP contribution in [0.5, 0.6) is 5.75 Å². The van der Waals surface area contributed by atoms with Crippen LogP contribution >= 0.6 is 15.9 Å². The highest BCUT2D eigenvalue weighted by molar-refractivity contribution is 9.10. The van der Waals surface area contributed by atoms with Crippen molar-refractivity contribution >= 4 is 37.0 Å². The molecule has 0 aliphatic heterocycles. The Kier molecular flexibility index (Phi) is 4.78. The van der Waals surface area contributed by atoms with E-state index in [1.54, 1.807) is 12.1 Å². The Balaban J connectivity index is 1.72. The van der Waals surface area contributed by atoms with Crippen molar-refractivity contribution in [3.8, 4) is 16.9 Å². The molecular formula is C21H13BrO5S. The van der Waals surface area contributed by atoms with E-state index in [0.29, 0.717) is 15.4 Å². The molecule has 4 rings (SSSR count). The Hall–Kier alpha value is -2.90. The van der Waals surface area contributed by atoms with Gasteiger partial charge in [0.15, 0.2) is 5.43 Å². The molecule has 0 aliphatic rings. The number of hydrogen-bond acceptors (Lipinski definition) is 5.